The lowest BCUT2D eigenvalue weighted by atomic mass is 9.95. The fourth-order valence-electron chi connectivity index (χ4n) is 3.79. The van der Waals surface area contributed by atoms with Gasteiger partial charge < -0.3 is 34.7 Å². The van der Waals surface area contributed by atoms with Crippen LogP contribution in [0.3, 0.4) is 0 Å². The smallest absolute Gasteiger partial charge is 0.337 e. The van der Waals surface area contributed by atoms with Crippen LogP contribution in [0.2, 0.25) is 10.0 Å². The van der Waals surface area contributed by atoms with Gasteiger partial charge in [0.25, 0.3) is 0 Å². The zero-order chi connectivity index (χ0) is 28.5. The Morgan fingerprint density at radius 2 is 1.90 bits per heavy atom. The Kier molecular flexibility index (Phi) is 10.7. The zero-order valence-corrected chi connectivity index (χ0v) is 23.4. The monoisotopic (exact) mass is 580 g/mol. The third-order valence-corrected chi connectivity index (χ3v) is 5.92. The Balaban J connectivity index is 1.72. The number of rotatable bonds is 12. The molecular weight excluding hydrogens is 551 g/mol. The molecule has 2 atom stereocenters. The van der Waals surface area contributed by atoms with Crippen molar-refractivity contribution in [2.45, 2.75) is 33.0 Å². The van der Waals surface area contributed by atoms with Crippen molar-refractivity contribution in [1.29, 1.82) is 0 Å². The van der Waals surface area contributed by atoms with E-state index in [1.807, 2.05) is 6.92 Å². The number of hydrogen-bond acceptors (Lipinski definition) is 9. The average molecular weight is 581 g/mol. The standard InChI is InChI=1S/C26H30Cl2N4O7/c1-5-37-20-10-15(23-22(25(34)36-4)14(3)30-26(35)31-23)7-8-19(20)39-13-21(33)32-29-12-16-9-17(27)11-18(28)24(16)38-6-2/h7-12,21,23,32-33H,5-6,13H2,1-4H3,(H2,30,31,35)/b29-12+/t21-,23+/m0/s1. The highest BCUT2D eigenvalue weighted by molar-refractivity contribution is 6.36. The fraction of sp³-hybridized carbons (Fsp3) is 0.346. The van der Waals surface area contributed by atoms with Gasteiger partial charge in [0.2, 0.25) is 0 Å². The first kappa shape index (κ1) is 29.9. The highest BCUT2D eigenvalue weighted by atomic mass is 35.5. The molecule has 0 aromatic heterocycles. The molecule has 4 N–H and O–H groups in total. The van der Waals surface area contributed by atoms with E-state index in [-0.39, 0.29) is 12.2 Å². The van der Waals surface area contributed by atoms with Gasteiger partial charge >= 0.3 is 12.0 Å². The minimum atomic E-state index is -1.18. The Morgan fingerprint density at radius 1 is 1.15 bits per heavy atom. The van der Waals surface area contributed by atoms with Crippen molar-refractivity contribution < 1.29 is 33.6 Å². The van der Waals surface area contributed by atoms with Crippen molar-refractivity contribution in [2.75, 3.05) is 26.9 Å². The first-order valence-electron chi connectivity index (χ1n) is 12.0. The molecule has 39 heavy (non-hydrogen) atoms. The lowest BCUT2D eigenvalue weighted by Gasteiger charge is -2.28. The van der Waals surface area contributed by atoms with Crippen molar-refractivity contribution in [3.63, 3.8) is 0 Å². The number of aliphatic hydroxyl groups is 1. The summed E-state index contributed by atoms with van der Waals surface area (Å²) in [7, 11) is 1.27. The van der Waals surface area contributed by atoms with Crippen LogP contribution < -0.4 is 30.3 Å². The maximum absolute atomic E-state index is 12.4. The number of halogens is 2. The molecule has 0 aliphatic carbocycles. The Hall–Kier alpha value is -3.67. The molecule has 11 nitrogen and oxygen atoms in total. The second kappa shape index (κ2) is 13.9. The molecule has 1 heterocycles. The number of ether oxygens (including phenoxy) is 4. The predicted octanol–water partition coefficient (Wildman–Crippen LogP) is 3.91. The summed E-state index contributed by atoms with van der Waals surface area (Å²) in [5.74, 6) is 0.541. The van der Waals surface area contributed by atoms with Crippen molar-refractivity contribution >= 4 is 41.4 Å². The summed E-state index contributed by atoms with van der Waals surface area (Å²) in [6.07, 6.45) is 0.245. The van der Waals surface area contributed by atoms with Crippen molar-refractivity contribution in [3.8, 4) is 17.2 Å². The van der Waals surface area contributed by atoms with E-state index in [9.17, 15) is 14.7 Å². The number of allylic oxidation sites excluding steroid dienone is 1. The van der Waals surface area contributed by atoms with Gasteiger partial charge in [0, 0.05) is 16.3 Å². The van der Waals surface area contributed by atoms with Gasteiger partial charge in [-0.3, -0.25) is 5.43 Å². The summed E-state index contributed by atoms with van der Waals surface area (Å²) in [6.45, 7) is 5.79. The Labute approximate surface area is 236 Å². The molecule has 0 unspecified atom stereocenters. The summed E-state index contributed by atoms with van der Waals surface area (Å²) in [6, 6.07) is 6.94. The van der Waals surface area contributed by atoms with Gasteiger partial charge in [-0.15, -0.1) is 0 Å². The highest BCUT2D eigenvalue weighted by Crippen LogP contribution is 2.35. The lowest BCUT2D eigenvalue weighted by molar-refractivity contribution is -0.136. The maximum Gasteiger partial charge on any atom is 0.337 e. The average Bonchev–Trinajstić information content (AvgIpc) is 2.89. The fourth-order valence-corrected chi connectivity index (χ4v) is 4.35. The molecule has 2 aromatic carbocycles. The number of urea groups is 1. The van der Waals surface area contributed by atoms with Crippen LogP contribution in [0.1, 0.15) is 37.9 Å². The summed E-state index contributed by atoms with van der Waals surface area (Å²) in [4.78, 5) is 24.5. The third kappa shape index (κ3) is 7.69. The molecule has 0 radical (unpaired) electrons. The van der Waals surface area contributed by atoms with Crippen LogP contribution in [0.25, 0.3) is 0 Å². The molecule has 0 fully saturated rings. The second-order valence-corrected chi connectivity index (χ2v) is 9.00. The normalized spacial score (nSPS) is 15.9. The van der Waals surface area contributed by atoms with E-state index in [0.717, 1.165) is 0 Å². The number of carbonyl (C=O) groups is 2. The lowest BCUT2D eigenvalue weighted by Crippen LogP contribution is -2.45. The first-order chi connectivity index (χ1) is 18.7. The number of benzene rings is 2. The van der Waals surface area contributed by atoms with Crippen molar-refractivity contribution in [3.05, 3.63) is 62.8 Å². The minimum absolute atomic E-state index is 0.179. The van der Waals surface area contributed by atoms with Crippen molar-refractivity contribution in [1.82, 2.24) is 16.1 Å². The summed E-state index contributed by atoms with van der Waals surface area (Å²) in [5.41, 5.74) is 4.32. The SMILES string of the molecule is CCOc1cc([C@H]2NC(=O)NC(C)=C2C(=O)OC)ccc1OC[C@H](O)N/N=C/c1cc(Cl)cc(Cl)c1OCC. The Morgan fingerprint density at radius 3 is 2.59 bits per heavy atom. The Bertz CT molecular complexity index is 1270. The van der Waals surface area contributed by atoms with E-state index in [4.69, 9.17) is 42.1 Å². The summed E-state index contributed by atoms with van der Waals surface area (Å²) >= 11 is 12.3. The van der Waals surface area contributed by atoms with Crippen LogP contribution in [0.5, 0.6) is 17.2 Å². The molecule has 210 valence electrons. The molecule has 1 aliphatic heterocycles. The van der Waals surface area contributed by atoms with Gasteiger partial charge in [0.05, 0.1) is 43.2 Å². The molecular formula is C26H30Cl2N4O7. The zero-order valence-electron chi connectivity index (χ0n) is 21.8. The molecule has 0 saturated carbocycles. The molecule has 0 saturated heterocycles. The van der Waals surface area contributed by atoms with Gasteiger partial charge in [-0.1, -0.05) is 29.3 Å². The number of methoxy groups -OCH3 is 1. The first-order valence-corrected chi connectivity index (χ1v) is 12.8. The molecule has 0 spiro atoms. The number of nitrogens with one attached hydrogen (secondary N) is 3. The predicted molar refractivity (Wildman–Crippen MR) is 147 cm³/mol. The number of carbonyl (C=O) groups excluding carboxylic acids is 2. The van der Waals surface area contributed by atoms with Crippen LogP contribution in [0, 0.1) is 0 Å². The highest BCUT2D eigenvalue weighted by Gasteiger charge is 2.32. The van der Waals surface area contributed by atoms with Crippen LogP contribution >= 0.6 is 23.2 Å². The molecule has 2 aromatic rings. The van der Waals surface area contributed by atoms with E-state index < -0.39 is 24.3 Å². The summed E-state index contributed by atoms with van der Waals surface area (Å²) in [5, 5.41) is 20.4. The third-order valence-electron chi connectivity index (χ3n) is 5.43. The van der Waals surface area contributed by atoms with Crippen LogP contribution in [-0.4, -0.2) is 56.5 Å². The number of hydrazone groups is 1. The van der Waals surface area contributed by atoms with Gasteiger partial charge in [0.15, 0.2) is 17.7 Å². The van der Waals surface area contributed by atoms with Gasteiger partial charge in [-0.25, -0.2) is 9.59 Å². The van der Waals surface area contributed by atoms with E-state index in [1.165, 1.54) is 13.3 Å². The van der Waals surface area contributed by atoms with Crippen molar-refractivity contribution in [2.24, 2.45) is 5.10 Å². The number of aliphatic hydroxyl groups excluding tert-OH is 1. The van der Waals surface area contributed by atoms with Gasteiger partial charge in [-0.05, 0) is 50.6 Å². The topological polar surface area (TPSA) is 140 Å². The van der Waals surface area contributed by atoms with Crippen LogP contribution in [-0.2, 0) is 9.53 Å². The van der Waals surface area contributed by atoms with E-state index in [1.54, 1.807) is 44.2 Å². The van der Waals surface area contributed by atoms with Gasteiger partial charge in [0.1, 0.15) is 12.4 Å². The molecule has 2 amide bonds. The largest absolute Gasteiger partial charge is 0.492 e. The molecule has 3 rings (SSSR count). The molecule has 0 bridgehead atoms. The summed E-state index contributed by atoms with van der Waals surface area (Å²) < 4.78 is 21.9. The van der Waals surface area contributed by atoms with Crippen LogP contribution in [0.4, 0.5) is 4.79 Å². The number of hydrogen-bond donors (Lipinski definition) is 4. The molecule has 1 aliphatic rings. The number of amides is 2. The van der Waals surface area contributed by atoms with Crippen LogP contribution in [0.15, 0.2) is 46.7 Å². The maximum atomic E-state index is 12.4. The van der Waals surface area contributed by atoms with Gasteiger partial charge in [-0.2, -0.15) is 5.10 Å². The van der Waals surface area contributed by atoms with E-state index >= 15 is 0 Å². The van der Waals surface area contributed by atoms with E-state index in [0.29, 0.717) is 57.3 Å². The number of nitrogens with zero attached hydrogens (tertiary/aromatic N) is 1. The molecule has 13 heteroatoms. The minimum Gasteiger partial charge on any atom is -0.492 e. The van der Waals surface area contributed by atoms with E-state index in [2.05, 4.69) is 21.2 Å². The number of esters is 1. The second-order valence-electron chi connectivity index (χ2n) is 8.15. The quantitative estimate of drug-likeness (QED) is 0.128.